The van der Waals surface area contributed by atoms with Gasteiger partial charge in [-0.2, -0.15) is 0 Å². The zero-order chi connectivity index (χ0) is 8.27. The molecule has 0 aliphatic rings. The Balaban J connectivity index is 2.66. The summed E-state index contributed by atoms with van der Waals surface area (Å²) in [5, 5.41) is 8.40. The molecular formula is C8H8BrFO. The molecule has 1 atom stereocenters. The SMILES string of the molecule is O[C@H](F)Cc1ccc(Br)cc1. The lowest BCUT2D eigenvalue weighted by molar-refractivity contribution is 0.0430. The Morgan fingerprint density at radius 2 is 1.91 bits per heavy atom. The summed E-state index contributed by atoms with van der Waals surface area (Å²) >= 11 is 3.26. The molecular weight excluding hydrogens is 211 g/mol. The molecule has 11 heavy (non-hydrogen) atoms. The van der Waals surface area contributed by atoms with Crippen molar-refractivity contribution < 1.29 is 9.50 Å². The van der Waals surface area contributed by atoms with Crippen molar-refractivity contribution in [3.8, 4) is 0 Å². The molecule has 0 fully saturated rings. The first-order chi connectivity index (χ1) is 5.18. The van der Waals surface area contributed by atoms with Gasteiger partial charge >= 0.3 is 0 Å². The lowest BCUT2D eigenvalue weighted by atomic mass is 10.2. The third-order valence-electron chi connectivity index (χ3n) is 1.32. The second-order valence-corrected chi connectivity index (χ2v) is 3.18. The van der Waals surface area contributed by atoms with Crippen molar-refractivity contribution in [3.63, 3.8) is 0 Å². The zero-order valence-electron chi connectivity index (χ0n) is 5.80. The monoisotopic (exact) mass is 218 g/mol. The Bertz CT molecular complexity index is 220. The smallest absolute Gasteiger partial charge is 0.200 e. The summed E-state index contributed by atoms with van der Waals surface area (Å²) < 4.78 is 13.0. The Kier molecular flexibility index (Phi) is 3.02. The van der Waals surface area contributed by atoms with Gasteiger partial charge in [-0.3, -0.25) is 0 Å². The maximum Gasteiger partial charge on any atom is 0.200 e. The van der Waals surface area contributed by atoms with Crippen molar-refractivity contribution in [2.24, 2.45) is 0 Å². The van der Waals surface area contributed by atoms with Crippen LogP contribution in [0.4, 0.5) is 4.39 Å². The average Bonchev–Trinajstić information content (AvgIpc) is 1.93. The molecule has 0 aliphatic carbocycles. The molecule has 1 aromatic carbocycles. The van der Waals surface area contributed by atoms with Crippen molar-refractivity contribution in [1.82, 2.24) is 0 Å². The first-order valence-corrected chi connectivity index (χ1v) is 4.04. The minimum atomic E-state index is -1.75. The molecule has 0 heterocycles. The summed E-state index contributed by atoms with van der Waals surface area (Å²) in [4.78, 5) is 0. The average molecular weight is 219 g/mol. The van der Waals surface area contributed by atoms with Crippen LogP contribution in [0.5, 0.6) is 0 Å². The number of aliphatic hydroxyl groups excluding tert-OH is 1. The van der Waals surface area contributed by atoms with Crippen LogP contribution in [-0.2, 0) is 6.42 Å². The Labute approximate surface area is 73.0 Å². The van der Waals surface area contributed by atoms with Crippen LogP contribution in [0.25, 0.3) is 0 Å². The Hall–Kier alpha value is -0.410. The summed E-state index contributed by atoms with van der Waals surface area (Å²) in [5.41, 5.74) is 0.795. The van der Waals surface area contributed by atoms with E-state index in [0.717, 1.165) is 10.0 Å². The van der Waals surface area contributed by atoms with E-state index in [0.29, 0.717) is 0 Å². The second kappa shape index (κ2) is 3.83. The minimum Gasteiger partial charge on any atom is -0.364 e. The highest BCUT2D eigenvalue weighted by atomic mass is 79.9. The lowest BCUT2D eigenvalue weighted by Gasteiger charge is -2.00. The molecule has 0 saturated carbocycles. The largest absolute Gasteiger partial charge is 0.364 e. The summed E-state index contributed by atoms with van der Waals surface area (Å²) in [5.74, 6) is 0. The van der Waals surface area contributed by atoms with Crippen molar-refractivity contribution >= 4 is 15.9 Å². The summed E-state index contributed by atoms with van der Waals surface area (Å²) in [6.45, 7) is 0. The van der Waals surface area contributed by atoms with E-state index in [2.05, 4.69) is 15.9 Å². The third-order valence-corrected chi connectivity index (χ3v) is 1.85. The molecule has 1 rings (SSSR count). The van der Waals surface area contributed by atoms with Crippen LogP contribution in [0.3, 0.4) is 0 Å². The Morgan fingerprint density at radius 3 is 2.36 bits per heavy atom. The van der Waals surface area contributed by atoms with Gasteiger partial charge in [-0.05, 0) is 17.7 Å². The maximum atomic E-state index is 12.0. The molecule has 0 bridgehead atoms. The van der Waals surface area contributed by atoms with Crippen LogP contribution in [0.15, 0.2) is 28.7 Å². The third kappa shape index (κ3) is 2.99. The normalized spacial score (nSPS) is 13.0. The summed E-state index contributed by atoms with van der Waals surface area (Å²) in [7, 11) is 0. The van der Waals surface area contributed by atoms with Crippen molar-refractivity contribution in [3.05, 3.63) is 34.3 Å². The summed E-state index contributed by atoms with van der Waals surface area (Å²) in [6, 6.07) is 7.18. The van der Waals surface area contributed by atoms with E-state index in [9.17, 15) is 4.39 Å². The van der Waals surface area contributed by atoms with Crippen molar-refractivity contribution in [2.75, 3.05) is 0 Å². The van der Waals surface area contributed by atoms with E-state index in [1.807, 2.05) is 12.1 Å². The number of alkyl halides is 1. The van der Waals surface area contributed by atoms with E-state index >= 15 is 0 Å². The van der Waals surface area contributed by atoms with Gasteiger partial charge in [0, 0.05) is 10.9 Å². The van der Waals surface area contributed by atoms with Crippen LogP contribution in [0.2, 0.25) is 0 Å². The number of hydrogen-bond donors (Lipinski definition) is 1. The molecule has 0 aromatic heterocycles. The highest BCUT2D eigenvalue weighted by molar-refractivity contribution is 9.10. The van der Waals surface area contributed by atoms with E-state index in [-0.39, 0.29) is 6.42 Å². The predicted molar refractivity (Wildman–Crippen MR) is 45.0 cm³/mol. The highest BCUT2D eigenvalue weighted by Crippen LogP contribution is 2.11. The topological polar surface area (TPSA) is 20.2 Å². The molecule has 1 N–H and O–H groups in total. The van der Waals surface area contributed by atoms with Crippen LogP contribution >= 0.6 is 15.9 Å². The molecule has 0 unspecified atom stereocenters. The predicted octanol–water partition coefficient (Wildman–Crippen LogP) is 2.28. The quantitative estimate of drug-likeness (QED) is 0.808. The lowest BCUT2D eigenvalue weighted by Crippen LogP contribution is -2.01. The van der Waals surface area contributed by atoms with E-state index < -0.39 is 6.36 Å². The van der Waals surface area contributed by atoms with Gasteiger partial charge < -0.3 is 5.11 Å². The first-order valence-electron chi connectivity index (χ1n) is 3.25. The van der Waals surface area contributed by atoms with Crippen LogP contribution in [-0.4, -0.2) is 11.5 Å². The molecule has 1 nitrogen and oxygen atoms in total. The molecule has 60 valence electrons. The second-order valence-electron chi connectivity index (χ2n) is 2.27. The number of benzene rings is 1. The number of halogens is 2. The highest BCUT2D eigenvalue weighted by Gasteiger charge is 2.00. The maximum absolute atomic E-state index is 12.0. The van der Waals surface area contributed by atoms with Crippen LogP contribution in [0, 0.1) is 0 Å². The van der Waals surface area contributed by atoms with E-state index in [4.69, 9.17) is 5.11 Å². The van der Waals surface area contributed by atoms with Gasteiger partial charge in [0.1, 0.15) is 0 Å². The molecule has 1 aromatic rings. The molecule has 0 spiro atoms. The van der Waals surface area contributed by atoms with Crippen molar-refractivity contribution in [2.45, 2.75) is 12.8 Å². The zero-order valence-corrected chi connectivity index (χ0v) is 7.38. The fraction of sp³-hybridized carbons (Fsp3) is 0.250. The van der Waals surface area contributed by atoms with Gasteiger partial charge in [-0.15, -0.1) is 0 Å². The molecule has 0 radical (unpaired) electrons. The fourth-order valence-electron chi connectivity index (χ4n) is 0.815. The number of rotatable bonds is 2. The van der Waals surface area contributed by atoms with E-state index in [1.54, 1.807) is 12.1 Å². The van der Waals surface area contributed by atoms with E-state index in [1.165, 1.54) is 0 Å². The molecule has 0 amide bonds. The van der Waals surface area contributed by atoms with Gasteiger partial charge in [-0.1, -0.05) is 28.1 Å². The molecule has 0 aliphatic heterocycles. The number of aliphatic hydroxyl groups is 1. The van der Waals surface area contributed by atoms with Crippen molar-refractivity contribution in [1.29, 1.82) is 0 Å². The summed E-state index contributed by atoms with van der Waals surface area (Å²) in [6.07, 6.45) is -1.69. The van der Waals surface area contributed by atoms with Crippen LogP contribution < -0.4 is 0 Å². The minimum absolute atomic E-state index is 0.0628. The van der Waals surface area contributed by atoms with Gasteiger partial charge in [-0.25, -0.2) is 4.39 Å². The fourth-order valence-corrected chi connectivity index (χ4v) is 1.08. The first kappa shape index (κ1) is 8.68. The standard InChI is InChI=1S/C8H8BrFO/c9-7-3-1-6(2-4-7)5-8(10)11/h1-4,8,11H,5H2/t8-/m0/s1. The van der Waals surface area contributed by atoms with Gasteiger partial charge in [0.15, 0.2) is 6.36 Å². The van der Waals surface area contributed by atoms with Gasteiger partial charge in [0.05, 0.1) is 0 Å². The molecule has 3 heteroatoms. The van der Waals surface area contributed by atoms with Gasteiger partial charge in [0.25, 0.3) is 0 Å². The van der Waals surface area contributed by atoms with Gasteiger partial charge in [0.2, 0.25) is 0 Å². The number of hydrogen-bond acceptors (Lipinski definition) is 1. The Morgan fingerprint density at radius 1 is 1.36 bits per heavy atom. The molecule has 0 saturated heterocycles. The van der Waals surface area contributed by atoms with Crippen LogP contribution in [0.1, 0.15) is 5.56 Å².